The number of hydrogen-bond acceptors (Lipinski definition) is 1. The summed E-state index contributed by atoms with van der Waals surface area (Å²) in [6.07, 6.45) is 5.38. The summed E-state index contributed by atoms with van der Waals surface area (Å²) in [5, 5.41) is 10.8. The van der Waals surface area contributed by atoms with Crippen molar-refractivity contribution >= 4 is 0 Å². The Bertz CT molecular complexity index is 279. The first-order chi connectivity index (χ1) is 6.83. The molecular formula is C14H24O. The maximum absolute atomic E-state index is 10.8. The van der Waals surface area contributed by atoms with E-state index in [9.17, 15) is 5.11 Å². The molecule has 0 aromatic carbocycles. The van der Waals surface area contributed by atoms with Gasteiger partial charge in [0.15, 0.2) is 0 Å². The quantitative estimate of drug-likeness (QED) is 0.604. The van der Waals surface area contributed by atoms with Gasteiger partial charge in [0.2, 0.25) is 0 Å². The highest BCUT2D eigenvalue weighted by molar-refractivity contribution is 5.15. The monoisotopic (exact) mass is 208 g/mol. The van der Waals surface area contributed by atoms with Gasteiger partial charge >= 0.3 is 0 Å². The van der Waals surface area contributed by atoms with Gasteiger partial charge < -0.3 is 5.11 Å². The third-order valence-corrected chi connectivity index (χ3v) is 4.50. The summed E-state index contributed by atoms with van der Waals surface area (Å²) in [5.74, 6) is 1.15. The van der Waals surface area contributed by atoms with E-state index in [0.717, 1.165) is 19.3 Å². The molecule has 0 radical (unpaired) electrons. The van der Waals surface area contributed by atoms with Crippen molar-refractivity contribution in [2.75, 3.05) is 0 Å². The Morgan fingerprint density at radius 1 is 1.27 bits per heavy atom. The lowest BCUT2D eigenvalue weighted by molar-refractivity contribution is -0.121. The lowest BCUT2D eigenvalue weighted by Gasteiger charge is -2.54. The van der Waals surface area contributed by atoms with Crippen molar-refractivity contribution in [3.05, 3.63) is 12.2 Å². The van der Waals surface area contributed by atoms with Gasteiger partial charge in [0.05, 0.1) is 5.60 Å². The van der Waals surface area contributed by atoms with Crippen molar-refractivity contribution < 1.29 is 5.11 Å². The predicted octanol–water partition coefficient (Wildman–Crippen LogP) is 3.53. The van der Waals surface area contributed by atoms with Gasteiger partial charge in [-0.1, -0.05) is 39.3 Å². The van der Waals surface area contributed by atoms with E-state index < -0.39 is 5.60 Å². The Morgan fingerprint density at radius 3 is 2.60 bits per heavy atom. The Labute approximate surface area is 93.6 Å². The fraction of sp³-hybridized carbons (Fsp3) is 0.857. The topological polar surface area (TPSA) is 20.2 Å². The highest BCUT2D eigenvalue weighted by Crippen LogP contribution is 2.54. The van der Waals surface area contributed by atoms with Crippen molar-refractivity contribution in [3.8, 4) is 0 Å². The smallest absolute Gasteiger partial charge is 0.0720 e. The second-order valence-corrected chi connectivity index (χ2v) is 6.63. The van der Waals surface area contributed by atoms with Gasteiger partial charge in [-0.3, -0.25) is 0 Å². The van der Waals surface area contributed by atoms with Gasteiger partial charge in [0, 0.05) is 0 Å². The van der Waals surface area contributed by atoms with Gasteiger partial charge in [-0.15, -0.1) is 0 Å². The molecule has 0 amide bonds. The molecule has 2 rings (SSSR count). The van der Waals surface area contributed by atoms with E-state index in [1.54, 1.807) is 0 Å². The second-order valence-electron chi connectivity index (χ2n) is 6.63. The van der Waals surface area contributed by atoms with Crippen LogP contribution in [0.3, 0.4) is 0 Å². The van der Waals surface area contributed by atoms with Crippen LogP contribution in [0.5, 0.6) is 0 Å². The maximum atomic E-state index is 10.8. The SMILES string of the molecule is C=C1CC(C)(C)[C@@H]2CC[C@@H](C)C[C@@]2(O)C1. The fourth-order valence-electron chi connectivity index (χ4n) is 4.14. The van der Waals surface area contributed by atoms with Gasteiger partial charge in [0.1, 0.15) is 0 Å². The zero-order chi connectivity index (χ0) is 11.3. The molecule has 0 aromatic heterocycles. The van der Waals surface area contributed by atoms with Crippen LogP contribution in [0.15, 0.2) is 12.2 Å². The predicted molar refractivity (Wildman–Crippen MR) is 63.6 cm³/mol. The third kappa shape index (κ3) is 1.87. The van der Waals surface area contributed by atoms with Crippen LogP contribution >= 0.6 is 0 Å². The molecule has 1 N–H and O–H groups in total. The van der Waals surface area contributed by atoms with Crippen molar-refractivity contribution in [1.82, 2.24) is 0 Å². The Morgan fingerprint density at radius 2 is 1.93 bits per heavy atom. The van der Waals surface area contributed by atoms with Crippen molar-refractivity contribution in [3.63, 3.8) is 0 Å². The second kappa shape index (κ2) is 3.35. The molecular weight excluding hydrogens is 184 g/mol. The molecule has 1 nitrogen and oxygen atoms in total. The molecule has 2 fully saturated rings. The molecule has 2 aliphatic rings. The summed E-state index contributed by atoms with van der Waals surface area (Å²) in [7, 11) is 0. The van der Waals surface area contributed by atoms with Crippen LogP contribution in [0.1, 0.15) is 52.9 Å². The molecule has 0 bridgehead atoms. The highest BCUT2D eigenvalue weighted by Gasteiger charge is 2.51. The number of aliphatic hydroxyl groups is 1. The van der Waals surface area contributed by atoms with E-state index in [1.807, 2.05) is 0 Å². The zero-order valence-corrected chi connectivity index (χ0v) is 10.3. The van der Waals surface area contributed by atoms with E-state index in [0.29, 0.717) is 11.8 Å². The van der Waals surface area contributed by atoms with Crippen LogP contribution in [-0.2, 0) is 0 Å². The molecule has 0 saturated heterocycles. The lowest BCUT2D eigenvalue weighted by atomic mass is 9.54. The van der Waals surface area contributed by atoms with Crippen molar-refractivity contribution in [2.45, 2.75) is 58.5 Å². The standard InChI is InChI=1S/C14H24O/c1-10-5-6-12-13(3,4)7-11(2)9-14(12,15)8-10/h10,12,15H,2,5-9H2,1,3-4H3/t10-,12+,14-/m1/s1. The average Bonchev–Trinajstić information content (AvgIpc) is 1.97. The number of fused-ring (bicyclic) bond motifs is 1. The summed E-state index contributed by atoms with van der Waals surface area (Å²) in [6.45, 7) is 11.0. The summed E-state index contributed by atoms with van der Waals surface area (Å²) in [6, 6.07) is 0. The molecule has 2 aliphatic carbocycles. The maximum Gasteiger partial charge on any atom is 0.0720 e. The average molecular weight is 208 g/mol. The summed E-state index contributed by atoms with van der Waals surface area (Å²) >= 11 is 0. The molecule has 0 aromatic rings. The third-order valence-electron chi connectivity index (χ3n) is 4.50. The minimum absolute atomic E-state index is 0.240. The van der Waals surface area contributed by atoms with Crippen LogP contribution in [0.25, 0.3) is 0 Å². The Kier molecular flexibility index (Phi) is 2.50. The van der Waals surface area contributed by atoms with Crippen molar-refractivity contribution in [2.24, 2.45) is 17.3 Å². The van der Waals surface area contributed by atoms with Crippen LogP contribution in [0.2, 0.25) is 0 Å². The molecule has 0 unspecified atom stereocenters. The van der Waals surface area contributed by atoms with Crippen LogP contribution < -0.4 is 0 Å². The summed E-state index contributed by atoms with van der Waals surface area (Å²) in [5.41, 5.74) is 1.04. The molecule has 1 heteroatoms. The van der Waals surface area contributed by atoms with E-state index in [2.05, 4.69) is 27.4 Å². The zero-order valence-electron chi connectivity index (χ0n) is 10.3. The first kappa shape index (κ1) is 11.2. The van der Waals surface area contributed by atoms with E-state index >= 15 is 0 Å². The first-order valence-corrected chi connectivity index (χ1v) is 6.22. The highest BCUT2D eigenvalue weighted by atomic mass is 16.3. The fourth-order valence-corrected chi connectivity index (χ4v) is 4.14. The molecule has 0 heterocycles. The van der Waals surface area contributed by atoms with Crippen molar-refractivity contribution in [1.29, 1.82) is 0 Å². The molecule has 15 heavy (non-hydrogen) atoms. The minimum atomic E-state index is -0.448. The van der Waals surface area contributed by atoms with Gasteiger partial charge in [-0.2, -0.15) is 0 Å². The molecule has 0 aliphatic heterocycles. The van der Waals surface area contributed by atoms with E-state index in [-0.39, 0.29) is 5.41 Å². The minimum Gasteiger partial charge on any atom is -0.389 e. The Hall–Kier alpha value is -0.300. The largest absolute Gasteiger partial charge is 0.389 e. The van der Waals surface area contributed by atoms with Crippen LogP contribution in [-0.4, -0.2) is 10.7 Å². The first-order valence-electron chi connectivity index (χ1n) is 6.22. The molecule has 2 saturated carbocycles. The number of hydrogen-bond donors (Lipinski definition) is 1. The molecule has 0 spiro atoms. The van der Waals surface area contributed by atoms with Gasteiger partial charge in [-0.25, -0.2) is 0 Å². The van der Waals surface area contributed by atoms with Crippen LogP contribution in [0.4, 0.5) is 0 Å². The van der Waals surface area contributed by atoms with E-state index in [4.69, 9.17) is 0 Å². The summed E-state index contributed by atoms with van der Waals surface area (Å²) < 4.78 is 0. The molecule has 86 valence electrons. The Balaban J connectivity index is 2.29. The van der Waals surface area contributed by atoms with Crippen LogP contribution in [0, 0.1) is 17.3 Å². The van der Waals surface area contributed by atoms with Gasteiger partial charge in [0.25, 0.3) is 0 Å². The lowest BCUT2D eigenvalue weighted by Crippen LogP contribution is -2.52. The molecule has 3 atom stereocenters. The number of rotatable bonds is 0. The van der Waals surface area contributed by atoms with E-state index in [1.165, 1.54) is 18.4 Å². The van der Waals surface area contributed by atoms with Gasteiger partial charge in [-0.05, 0) is 42.9 Å². The summed E-state index contributed by atoms with van der Waals surface area (Å²) in [4.78, 5) is 0. The normalized spacial score (nSPS) is 44.9.